The van der Waals surface area contributed by atoms with Crippen LogP contribution in [0, 0.1) is 0 Å². The largest absolute Gasteiger partial charge is 0.448 e. The molecule has 7 N–H and O–H groups in total. The lowest BCUT2D eigenvalue weighted by atomic mass is 10.0. The molecule has 20 heteroatoms. The molecule has 4 aliphatic heterocycles. The third kappa shape index (κ3) is 13.3. The number of aliphatic hydroxyl groups excluding tert-OH is 1. The number of likely N-dealkylation sites (tertiary alicyclic amines) is 2. The van der Waals surface area contributed by atoms with Gasteiger partial charge in [0.2, 0.25) is 0 Å². The van der Waals surface area contributed by atoms with Gasteiger partial charge in [0, 0.05) is 80.7 Å². The van der Waals surface area contributed by atoms with E-state index in [4.69, 9.17) is 27.2 Å². The summed E-state index contributed by atoms with van der Waals surface area (Å²) in [7, 11) is 1.00. The fourth-order valence-electron chi connectivity index (χ4n) is 9.82. The Morgan fingerprint density at radius 3 is 1.75 bits per heavy atom. The average molecular weight is 1060 g/mol. The number of aliphatic hydroxyl groups is 1. The van der Waals surface area contributed by atoms with Crippen molar-refractivity contribution in [3.05, 3.63) is 166 Å². The molecule has 2 unspecified atom stereocenters. The molecular formula is C56H69ClN12O7. The van der Waals surface area contributed by atoms with Gasteiger partial charge in [-0.05, 0) is 94.5 Å². The first-order valence-corrected chi connectivity index (χ1v) is 25.8. The number of aromatic amines is 1. The van der Waals surface area contributed by atoms with Crippen LogP contribution in [0.25, 0.3) is 0 Å². The highest BCUT2D eigenvalue weighted by molar-refractivity contribution is 6.62. The zero-order chi connectivity index (χ0) is 54.6. The van der Waals surface area contributed by atoms with Crippen LogP contribution in [-0.4, -0.2) is 126 Å². The minimum absolute atomic E-state index is 0.0958. The Labute approximate surface area is 448 Å². The third-order valence-electron chi connectivity index (χ3n) is 13.9. The molecule has 2 aromatic heterocycles. The number of carbonyl (C=O) groups excluding carboxylic acids is 5. The number of carbonyl (C=O) groups is 5. The van der Waals surface area contributed by atoms with Gasteiger partial charge in [0.15, 0.2) is 5.82 Å². The molecule has 0 aliphatic carbocycles. The summed E-state index contributed by atoms with van der Waals surface area (Å²) in [6.45, 7) is 15.8. The first-order chi connectivity index (χ1) is 36.5. The second-order valence-corrected chi connectivity index (χ2v) is 20.1. The number of rotatable bonds is 10. The zero-order valence-corrected chi connectivity index (χ0v) is 44.7. The zero-order valence-electron chi connectivity index (χ0n) is 44.0. The normalized spacial score (nSPS) is 17.9. The molecule has 6 heterocycles. The van der Waals surface area contributed by atoms with Crippen LogP contribution < -0.4 is 21.7 Å². The first-order valence-electron chi connectivity index (χ1n) is 25.4. The van der Waals surface area contributed by atoms with Gasteiger partial charge in [-0.2, -0.15) is 10.2 Å². The third-order valence-corrected chi connectivity index (χ3v) is 14.1. The van der Waals surface area contributed by atoms with Gasteiger partial charge in [-0.15, -0.1) is 4.68 Å². The van der Waals surface area contributed by atoms with E-state index in [0.717, 1.165) is 75.2 Å². The van der Waals surface area contributed by atoms with E-state index in [9.17, 15) is 24.0 Å². The van der Waals surface area contributed by atoms with E-state index >= 15 is 0 Å². The number of nitrogens with two attached hydrogens (primary N) is 1. The molecule has 402 valence electrons. The molecule has 76 heavy (non-hydrogen) atoms. The van der Waals surface area contributed by atoms with Crippen LogP contribution in [0.15, 0.2) is 121 Å². The molecule has 2 fully saturated rings. The number of halogens is 1. The Kier molecular flexibility index (Phi) is 18.8. The maximum atomic E-state index is 13.3. The summed E-state index contributed by atoms with van der Waals surface area (Å²) >= 11 is 5.70. The van der Waals surface area contributed by atoms with Gasteiger partial charge in [0.1, 0.15) is 5.82 Å². The Hall–Kier alpha value is -7.42. The van der Waals surface area contributed by atoms with Gasteiger partial charge in [-0.25, -0.2) is 9.59 Å². The number of amides is 5. The van der Waals surface area contributed by atoms with Crippen molar-refractivity contribution in [2.75, 3.05) is 50.5 Å². The summed E-state index contributed by atoms with van der Waals surface area (Å²) in [6.07, 6.45) is 1.36. The second-order valence-electron chi connectivity index (χ2n) is 19.8. The number of nitrogens with zero attached hydrogens (tertiary/aromatic N) is 7. The van der Waals surface area contributed by atoms with E-state index in [1.807, 2.05) is 43.0 Å². The highest BCUT2D eigenvalue weighted by Gasteiger charge is 2.47. The van der Waals surface area contributed by atoms with Crippen LogP contribution >= 0.6 is 11.6 Å². The molecule has 0 bridgehead atoms. The quantitative estimate of drug-likeness (QED) is 0.0564. The van der Waals surface area contributed by atoms with Crippen molar-refractivity contribution in [2.24, 2.45) is 5.73 Å². The number of hydrogen-bond acceptors (Lipinski definition) is 12. The van der Waals surface area contributed by atoms with Crippen LogP contribution in [0.5, 0.6) is 0 Å². The average Bonchev–Trinajstić information content (AvgIpc) is 4.29. The van der Waals surface area contributed by atoms with E-state index in [-0.39, 0.29) is 36.9 Å². The molecular weight excluding hydrogens is 988 g/mol. The van der Waals surface area contributed by atoms with Crippen LogP contribution in [0.1, 0.15) is 102 Å². The van der Waals surface area contributed by atoms with E-state index in [2.05, 4.69) is 95.6 Å². The lowest BCUT2D eigenvalue weighted by Gasteiger charge is -2.32. The molecule has 5 amide bonds. The van der Waals surface area contributed by atoms with Crippen molar-refractivity contribution < 1.29 is 33.8 Å². The lowest BCUT2D eigenvalue weighted by Crippen LogP contribution is -2.50. The second kappa shape index (κ2) is 25.4. The molecule has 10 rings (SSSR count). The maximum Gasteiger partial charge on any atom is 0.436 e. The number of fused-ring (bicyclic) bond motifs is 2. The number of ether oxygens (including phenoxy) is 1. The number of hydrogen-bond donors (Lipinski definition) is 6. The Morgan fingerprint density at radius 2 is 1.22 bits per heavy atom. The van der Waals surface area contributed by atoms with E-state index in [0.29, 0.717) is 40.8 Å². The number of H-pyrrole nitrogens is 1. The molecule has 2 atom stereocenters. The van der Waals surface area contributed by atoms with Crippen molar-refractivity contribution in [1.29, 1.82) is 0 Å². The number of anilines is 2. The summed E-state index contributed by atoms with van der Waals surface area (Å²) < 4.78 is 6.06. The van der Waals surface area contributed by atoms with Crippen molar-refractivity contribution in [2.45, 2.75) is 96.8 Å². The smallest absolute Gasteiger partial charge is 0.436 e. The van der Waals surface area contributed by atoms with E-state index < -0.39 is 28.4 Å². The Balaban J connectivity index is 0.000000178. The molecule has 19 nitrogen and oxygen atoms in total. The monoisotopic (exact) mass is 1060 g/mol. The van der Waals surface area contributed by atoms with E-state index in [1.165, 1.54) is 16.0 Å². The van der Waals surface area contributed by atoms with Gasteiger partial charge < -0.3 is 41.3 Å². The van der Waals surface area contributed by atoms with Gasteiger partial charge in [0.05, 0.1) is 42.2 Å². The predicted octanol–water partition coefficient (Wildman–Crippen LogP) is 8.07. The summed E-state index contributed by atoms with van der Waals surface area (Å²) in [6, 6.07) is 39.0. The highest BCUT2D eigenvalue weighted by Crippen LogP contribution is 2.43. The number of nitrogens with one attached hydrogen (secondary N) is 4. The van der Waals surface area contributed by atoms with Crippen molar-refractivity contribution in [3.8, 4) is 0 Å². The Morgan fingerprint density at radius 1 is 0.711 bits per heavy atom. The van der Waals surface area contributed by atoms with Crippen molar-refractivity contribution in [3.63, 3.8) is 0 Å². The summed E-state index contributed by atoms with van der Waals surface area (Å²) in [5.74, 6) is 0.0188. The van der Waals surface area contributed by atoms with Crippen LogP contribution in [0.2, 0.25) is 0 Å². The first kappa shape index (κ1) is 56.3. The molecule has 0 spiro atoms. The van der Waals surface area contributed by atoms with Crippen molar-refractivity contribution >= 4 is 52.5 Å². The SMILES string of the molecule is CC1(C)c2[nH]nc(NC(=O)c3ccccc3)c2CN1C(=O)NC1CCN(Cc2ccccc2)C1.CCOC(=O)n1nc2c(c1NC(=O)c1ccccc1)CN(C(=O)Cl)C2(C)C.CO.NC1CCN(Cc2ccccc2)C1. The van der Waals surface area contributed by atoms with Gasteiger partial charge in [0.25, 0.3) is 11.8 Å². The predicted molar refractivity (Wildman–Crippen MR) is 292 cm³/mol. The van der Waals surface area contributed by atoms with Gasteiger partial charge in [-0.3, -0.25) is 29.3 Å². The molecule has 6 aromatic rings. The topological polar surface area (TPSA) is 236 Å². The Bertz CT molecular complexity index is 2920. The van der Waals surface area contributed by atoms with E-state index in [1.54, 1.807) is 63.2 Å². The molecule has 0 radical (unpaired) electrons. The van der Waals surface area contributed by atoms with Crippen LogP contribution in [0.4, 0.5) is 26.0 Å². The molecule has 0 saturated carbocycles. The fourth-order valence-corrected chi connectivity index (χ4v) is 10.1. The lowest BCUT2D eigenvalue weighted by molar-refractivity contribution is 0.101. The van der Waals surface area contributed by atoms with Crippen LogP contribution in [-0.2, 0) is 42.0 Å². The van der Waals surface area contributed by atoms with Crippen molar-refractivity contribution in [1.82, 2.24) is 44.9 Å². The number of urea groups is 1. The summed E-state index contributed by atoms with van der Waals surface area (Å²) in [5, 5.41) is 26.9. The van der Waals surface area contributed by atoms with Gasteiger partial charge >= 0.3 is 17.5 Å². The highest BCUT2D eigenvalue weighted by atomic mass is 35.5. The van der Waals surface area contributed by atoms with Gasteiger partial charge in [-0.1, -0.05) is 97.1 Å². The fraction of sp³-hybridized carbons (Fsp3) is 0.375. The molecule has 4 aromatic carbocycles. The number of aromatic nitrogens is 4. The molecule has 4 aliphatic rings. The minimum Gasteiger partial charge on any atom is -0.448 e. The maximum absolute atomic E-state index is 13.3. The minimum atomic E-state index is -0.835. The van der Waals surface area contributed by atoms with Crippen LogP contribution in [0.3, 0.4) is 0 Å². The summed E-state index contributed by atoms with van der Waals surface area (Å²) in [4.78, 5) is 70.6. The number of benzene rings is 4. The molecule has 2 saturated heterocycles. The standard InChI is InChI=1S/C26H30N6O2.C18H19ClN4O4.C11H16N2.CH4O/c1-26(2)22-21(23(30-29-22)28-24(33)19-11-7-4-8-12-19)17-32(26)25(34)27-20-13-14-31(16-20)15-18-9-5-3-6-10-18;1-4-27-17(26)23-14(20-15(24)11-8-6-5-7-9-11)12-10-22(16(19)25)18(2,3)13(12)21-23;12-11-6-7-13(9-11)8-10-4-2-1-3-5-10;1-2/h3-12,20H,13-17H2,1-2H3,(H,27,34)(H2,28,29,30,33);5-9H,4,10H2,1-3H3,(H,20,24);1-5,11H,6-9,12H2;2H,1H3. The summed E-state index contributed by atoms with van der Waals surface area (Å²) in [5.41, 5.74) is 10.8.